The van der Waals surface area contributed by atoms with Crippen molar-refractivity contribution in [3.05, 3.63) is 64.2 Å². The Morgan fingerprint density at radius 1 is 1.23 bits per heavy atom. The van der Waals surface area contributed by atoms with Crippen molar-refractivity contribution >= 4 is 45.9 Å². The maximum Gasteiger partial charge on any atom is 0.356 e. The zero-order chi connectivity index (χ0) is 28.1. The number of carboxylic acid groups (broad SMARTS) is 1. The Balaban J connectivity index is 1.62. The summed E-state index contributed by atoms with van der Waals surface area (Å²) in [5.41, 5.74) is 3.38. The molecule has 4 aromatic rings. The molecule has 0 bridgehead atoms. The van der Waals surface area contributed by atoms with E-state index in [9.17, 15) is 15.2 Å². The molecule has 0 aliphatic carbocycles. The molecule has 10 nitrogen and oxygen atoms in total. The van der Waals surface area contributed by atoms with E-state index in [0.29, 0.717) is 29.1 Å². The van der Waals surface area contributed by atoms with E-state index >= 15 is 0 Å². The highest BCUT2D eigenvalue weighted by Crippen LogP contribution is 2.42. The van der Waals surface area contributed by atoms with Crippen LogP contribution in [-0.4, -0.2) is 42.4 Å². The Labute approximate surface area is 231 Å². The van der Waals surface area contributed by atoms with E-state index in [2.05, 4.69) is 42.2 Å². The van der Waals surface area contributed by atoms with Crippen molar-refractivity contribution in [3.8, 4) is 6.07 Å². The Hall–Kier alpha value is -4.23. The third-order valence-corrected chi connectivity index (χ3v) is 7.25. The number of benzene rings is 1. The summed E-state index contributed by atoms with van der Waals surface area (Å²) >= 11 is 5.94. The minimum absolute atomic E-state index is 0.0110. The summed E-state index contributed by atoms with van der Waals surface area (Å²) < 4.78 is 2.01. The largest absolute Gasteiger partial charge is 0.476 e. The van der Waals surface area contributed by atoms with Gasteiger partial charge >= 0.3 is 5.97 Å². The number of halogens is 1. The lowest BCUT2D eigenvalue weighted by Crippen LogP contribution is -2.37. The molecule has 1 aromatic carbocycles. The van der Waals surface area contributed by atoms with Crippen LogP contribution in [0.2, 0.25) is 5.15 Å². The lowest BCUT2D eigenvalue weighted by atomic mass is 9.84. The van der Waals surface area contributed by atoms with Gasteiger partial charge in [-0.3, -0.25) is 0 Å². The second-order valence-corrected chi connectivity index (χ2v) is 11.3. The van der Waals surface area contributed by atoms with Crippen LogP contribution in [0.3, 0.4) is 0 Å². The number of aryl methyl sites for hydroxylation is 1. The molecule has 200 valence electrons. The van der Waals surface area contributed by atoms with Gasteiger partial charge in [-0.25, -0.2) is 24.4 Å². The van der Waals surface area contributed by atoms with Crippen molar-refractivity contribution in [3.63, 3.8) is 0 Å². The van der Waals surface area contributed by atoms with Crippen LogP contribution in [0.1, 0.15) is 73.5 Å². The van der Waals surface area contributed by atoms with E-state index in [1.165, 1.54) is 0 Å². The summed E-state index contributed by atoms with van der Waals surface area (Å²) in [6.07, 6.45) is 2.61. The number of nitriles is 1. The van der Waals surface area contributed by atoms with Crippen LogP contribution in [0.25, 0.3) is 11.0 Å². The average molecular weight is 545 g/mol. The second kappa shape index (κ2) is 9.82. The summed E-state index contributed by atoms with van der Waals surface area (Å²) in [7, 11) is 0. The molecule has 0 spiro atoms. The number of fused-ring (bicyclic) bond motifs is 2. The molecule has 0 saturated carbocycles. The van der Waals surface area contributed by atoms with Crippen LogP contribution in [0.15, 0.2) is 36.5 Å². The van der Waals surface area contributed by atoms with Gasteiger partial charge in [0.25, 0.3) is 0 Å². The van der Waals surface area contributed by atoms with Crippen molar-refractivity contribution in [2.24, 2.45) is 5.41 Å². The van der Waals surface area contributed by atoms with Crippen molar-refractivity contribution in [1.29, 1.82) is 5.26 Å². The van der Waals surface area contributed by atoms with E-state index < -0.39 is 5.97 Å². The fourth-order valence-corrected chi connectivity index (χ4v) is 5.35. The lowest BCUT2D eigenvalue weighted by molar-refractivity contribution is 0.0691. The predicted octanol–water partition coefficient (Wildman–Crippen LogP) is 6.06. The number of hydrogen-bond acceptors (Lipinski definition) is 8. The molecule has 5 rings (SSSR count). The van der Waals surface area contributed by atoms with Gasteiger partial charge in [0.15, 0.2) is 17.2 Å². The Bertz CT molecular complexity index is 1640. The minimum atomic E-state index is -1.18. The standard InChI is InChI=1S/C28H29ClN8O2/c1-15-12-17(16(2)32-18-6-7-22(29)34-25(18)27(38)39)24-19(13-15)33-20(14-30)26(35-24)36-11-9-21(28(3,4)5)37-23(36)8-10-31-37/h6-8,10,12-13,16,21,32H,9,11H2,1-5H3,(H,38,39)/t16-,21?/m1/s1. The Morgan fingerprint density at radius 2 is 2.00 bits per heavy atom. The van der Waals surface area contributed by atoms with E-state index in [1.54, 1.807) is 18.3 Å². The molecule has 1 unspecified atom stereocenters. The first-order valence-corrected chi connectivity index (χ1v) is 13.1. The van der Waals surface area contributed by atoms with Crippen LogP contribution in [0.4, 0.5) is 17.3 Å². The van der Waals surface area contributed by atoms with E-state index in [-0.39, 0.29) is 34.0 Å². The Kier molecular flexibility index (Phi) is 6.64. The highest BCUT2D eigenvalue weighted by molar-refractivity contribution is 6.29. The third-order valence-electron chi connectivity index (χ3n) is 7.04. The zero-order valence-corrected chi connectivity index (χ0v) is 23.2. The molecule has 39 heavy (non-hydrogen) atoms. The number of nitrogens with zero attached hydrogens (tertiary/aromatic N) is 7. The maximum absolute atomic E-state index is 11.8. The van der Waals surface area contributed by atoms with Gasteiger partial charge in [-0.1, -0.05) is 38.4 Å². The van der Waals surface area contributed by atoms with Gasteiger partial charge in [-0.2, -0.15) is 10.4 Å². The first-order valence-electron chi connectivity index (χ1n) is 12.7. The zero-order valence-electron chi connectivity index (χ0n) is 22.4. The fraction of sp³-hybridized carbons (Fsp3) is 0.357. The number of carboxylic acids is 1. The maximum atomic E-state index is 11.8. The van der Waals surface area contributed by atoms with Crippen molar-refractivity contribution < 1.29 is 9.90 Å². The molecule has 0 amide bonds. The van der Waals surface area contributed by atoms with Crippen LogP contribution < -0.4 is 10.2 Å². The molecule has 0 fully saturated rings. The van der Waals surface area contributed by atoms with Gasteiger partial charge < -0.3 is 15.3 Å². The summed E-state index contributed by atoms with van der Waals surface area (Å²) in [6, 6.07) is 11.0. The molecule has 11 heteroatoms. The number of nitrogens with one attached hydrogen (secondary N) is 1. The summed E-state index contributed by atoms with van der Waals surface area (Å²) in [6.45, 7) is 11.1. The summed E-state index contributed by atoms with van der Waals surface area (Å²) in [4.78, 5) is 27.5. The van der Waals surface area contributed by atoms with E-state index in [4.69, 9.17) is 21.6 Å². The smallest absolute Gasteiger partial charge is 0.356 e. The highest BCUT2D eigenvalue weighted by Gasteiger charge is 2.35. The quantitative estimate of drug-likeness (QED) is 0.288. The number of pyridine rings is 1. The molecule has 2 N–H and O–H groups in total. The topological polar surface area (TPSA) is 133 Å². The number of aromatic nitrogens is 5. The van der Waals surface area contributed by atoms with Gasteiger partial charge in [-0.15, -0.1) is 0 Å². The van der Waals surface area contributed by atoms with Gasteiger partial charge in [0.2, 0.25) is 0 Å². The SMILES string of the molecule is Cc1cc([C@@H](C)Nc2ccc(Cl)nc2C(=O)O)c2nc(N3CCC(C(C)(C)C)n4nccc43)c(C#N)nc2c1. The number of rotatable bonds is 5. The van der Waals surface area contributed by atoms with Crippen molar-refractivity contribution in [2.45, 2.75) is 53.1 Å². The highest BCUT2D eigenvalue weighted by atomic mass is 35.5. The van der Waals surface area contributed by atoms with Crippen molar-refractivity contribution in [1.82, 2.24) is 24.7 Å². The molecule has 2 atom stereocenters. The Morgan fingerprint density at radius 3 is 2.69 bits per heavy atom. The summed E-state index contributed by atoms with van der Waals surface area (Å²) in [5.74, 6) is 0.151. The number of hydrogen-bond donors (Lipinski definition) is 2. The van der Waals surface area contributed by atoms with Crippen LogP contribution in [-0.2, 0) is 0 Å². The fourth-order valence-electron chi connectivity index (χ4n) is 5.21. The normalized spacial score (nSPS) is 16.0. The van der Waals surface area contributed by atoms with Crippen LogP contribution >= 0.6 is 11.6 Å². The summed E-state index contributed by atoms with van der Waals surface area (Å²) in [5, 5.41) is 27.6. The molecule has 3 aromatic heterocycles. The third kappa shape index (κ3) is 4.86. The number of anilines is 3. The number of aromatic carboxylic acids is 1. The van der Waals surface area contributed by atoms with Gasteiger partial charge in [0.05, 0.1) is 35.0 Å². The van der Waals surface area contributed by atoms with Gasteiger partial charge in [-0.05, 0) is 49.4 Å². The number of carbonyl (C=O) groups is 1. The molecular weight excluding hydrogens is 516 g/mol. The molecule has 1 aliphatic rings. The molecular formula is C28H29ClN8O2. The molecule has 0 radical (unpaired) electrons. The second-order valence-electron chi connectivity index (χ2n) is 10.9. The van der Waals surface area contributed by atoms with E-state index in [0.717, 1.165) is 23.4 Å². The van der Waals surface area contributed by atoms with Crippen LogP contribution in [0, 0.1) is 23.7 Å². The lowest BCUT2D eigenvalue weighted by Gasteiger charge is -2.39. The molecule has 4 heterocycles. The predicted molar refractivity (Wildman–Crippen MR) is 150 cm³/mol. The molecule has 0 saturated heterocycles. The monoisotopic (exact) mass is 544 g/mol. The first-order chi connectivity index (χ1) is 18.5. The minimum Gasteiger partial charge on any atom is -0.476 e. The van der Waals surface area contributed by atoms with Crippen LogP contribution in [0.5, 0.6) is 0 Å². The molecule has 1 aliphatic heterocycles. The first kappa shape index (κ1) is 26.4. The average Bonchev–Trinajstić information content (AvgIpc) is 3.37. The van der Waals surface area contributed by atoms with Gasteiger partial charge in [0.1, 0.15) is 17.0 Å². The van der Waals surface area contributed by atoms with Crippen molar-refractivity contribution in [2.75, 3.05) is 16.8 Å². The van der Waals surface area contributed by atoms with Gasteiger partial charge in [0, 0.05) is 18.2 Å². The van der Waals surface area contributed by atoms with E-state index in [1.807, 2.05) is 41.6 Å².